The number of hydrogen-bond donors (Lipinski definition) is 3. The van der Waals surface area contributed by atoms with Gasteiger partial charge in [-0.1, -0.05) is 12.1 Å². The van der Waals surface area contributed by atoms with Crippen molar-refractivity contribution >= 4 is 38.9 Å². The molecule has 0 aliphatic rings. The van der Waals surface area contributed by atoms with Gasteiger partial charge >= 0.3 is 0 Å². The van der Waals surface area contributed by atoms with Crippen molar-refractivity contribution in [1.82, 2.24) is 19.6 Å². The van der Waals surface area contributed by atoms with E-state index in [-0.39, 0.29) is 10.5 Å². The van der Waals surface area contributed by atoms with Gasteiger partial charge in [-0.15, -0.1) is 0 Å². The summed E-state index contributed by atoms with van der Waals surface area (Å²) in [4.78, 5) is 20.5. The van der Waals surface area contributed by atoms with Gasteiger partial charge in [0.05, 0.1) is 23.1 Å². The second kappa shape index (κ2) is 9.06. The van der Waals surface area contributed by atoms with Crippen LogP contribution in [0.15, 0.2) is 59.8 Å². The van der Waals surface area contributed by atoms with Gasteiger partial charge in [0.25, 0.3) is 5.91 Å². The number of para-hydroxylation sites is 1. The highest BCUT2D eigenvalue weighted by Gasteiger charge is 2.22. The zero-order valence-corrected chi connectivity index (χ0v) is 17.9. The molecule has 0 unspecified atom stereocenters. The minimum absolute atomic E-state index is 0.0504. The Morgan fingerprint density at radius 2 is 1.68 bits per heavy atom. The summed E-state index contributed by atoms with van der Waals surface area (Å²) in [6, 6.07) is 10.6. The van der Waals surface area contributed by atoms with Crippen molar-refractivity contribution in [2.75, 3.05) is 31.8 Å². The van der Waals surface area contributed by atoms with Crippen molar-refractivity contribution in [3.05, 3.63) is 66.2 Å². The third kappa shape index (κ3) is 4.95. The van der Waals surface area contributed by atoms with Crippen molar-refractivity contribution in [2.45, 2.75) is 4.90 Å². The van der Waals surface area contributed by atoms with Crippen molar-refractivity contribution in [2.24, 2.45) is 0 Å². The molecule has 0 radical (unpaired) electrons. The summed E-state index contributed by atoms with van der Waals surface area (Å²) in [6.07, 6.45) is 2.40. The van der Waals surface area contributed by atoms with Crippen LogP contribution in [0, 0.1) is 5.82 Å². The number of benzene rings is 1. The molecule has 0 aliphatic heterocycles. The van der Waals surface area contributed by atoms with Gasteiger partial charge in [-0.05, 0) is 24.3 Å². The molecule has 162 valence electrons. The minimum Gasteiger partial charge on any atom is -0.355 e. The molecule has 3 aromatic rings. The standard InChI is InChI=1S/C20H21FN6O3S/c1-22-20(28)14-12-24-19(26-18-9-8-13(21)11-23-18)10-16(14)25-15-6-4-5-7-17(15)31(29,30)27(2)3/h4-12H,1-3H3,(H,22,28)(H2,23,24,25,26). The summed E-state index contributed by atoms with van der Waals surface area (Å²) in [6.45, 7) is 0. The lowest BCUT2D eigenvalue weighted by Gasteiger charge is -2.18. The van der Waals surface area contributed by atoms with Crippen LogP contribution in [-0.4, -0.2) is 49.7 Å². The average molecular weight is 444 g/mol. The third-order valence-electron chi connectivity index (χ3n) is 4.27. The number of hydrogen-bond acceptors (Lipinski definition) is 7. The highest BCUT2D eigenvalue weighted by Crippen LogP contribution is 2.29. The molecule has 0 aliphatic carbocycles. The molecule has 11 heteroatoms. The van der Waals surface area contributed by atoms with E-state index < -0.39 is 21.7 Å². The van der Waals surface area contributed by atoms with Crippen LogP contribution in [0.4, 0.5) is 27.4 Å². The van der Waals surface area contributed by atoms with E-state index in [1.807, 2.05) is 0 Å². The van der Waals surface area contributed by atoms with Crippen LogP contribution in [-0.2, 0) is 10.0 Å². The normalized spacial score (nSPS) is 11.3. The summed E-state index contributed by atoms with van der Waals surface area (Å²) < 4.78 is 39.6. The molecular formula is C20H21FN6O3S. The van der Waals surface area contributed by atoms with E-state index in [9.17, 15) is 17.6 Å². The molecule has 2 aromatic heterocycles. The summed E-state index contributed by atoms with van der Waals surface area (Å²) in [5.41, 5.74) is 0.816. The maximum atomic E-state index is 13.1. The topological polar surface area (TPSA) is 116 Å². The molecule has 1 aromatic carbocycles. The number of carbonyl (C=O) groups excluding carboxylic acids is 1. The number of nitrogens with zero attached hydrogens (tertiary/aromatic N) is 3. The van der Waals surface area contributed by atoms with E-state index in [0.717, 1.165) is 10.5 Å². The van der Waals surface area contributed by atoms with Crippen LogP contribution in [0.25, 0.3) is 0 Å². The van der Waals surface area contributed by atoms with Gasteiger partial charge in [-0.25, -0.2) is 27.1 Å². The Hall–Kier alpha value is -3.57. The largest absolute Gasteiger partial charge is 0.355 e. The van der Waals surface area contributed by atoms with Gasteiger partial charge in [-0.3, -0.25) is 4.79 Å². The molecule has 31 heavy (non-hydrogen) atoms. The molecule has 0 fully saturated rings. The predicted octanol–water partition coefficient (Wildman–Crippen LogP) is 2.71. The Labute approximate surface area is 179 Å². The number of halogens is 1. The van der Waals surface area contributed by atoms with Gasteiger partial charge in [-0.2, -0.15) is 0 Å². The van der Waals surface area contributed by atoms with Crippen LogP contribution < -0.4 is 16.0 Å². The first-order valence-electron chi connectivity index (χ1n) is 9.11. The van der Waals surface area contributed by atoms with E-state index in [0.29, 0.717) is 23.0 Å². The molecule has 9 nitrogen and oxygen atoms in total. The molecule has 0 saturated heterocycles. The number of anilines is 4. The Balaban J connectivity index is 2.03. The lowest BCUT2D eigenvalue weighted by atomic mass is 10.2. The monoisotopic (exact) mass is 444 g/mol. The molecule has 0 spiro atoms. The smallest absolute Gasteiger partial charge is 0.254 e. The third-order valence-corrected chi connectivity index (χ3v) is 6.15. The highest BCUT2D eigenvalue weighted by atomic mass is 32.2. The zero-order chi connectivity index (χ0) is 22.6. The number of pyridine rings is 2. The molecule has 0 bridgehead atoms. The first-order valence-corrected chi connectivity index (χ1v) is 10.6. The van der Waals surface area contributed by atoms with Gasteiger partial charge < -0.3 is 16.0 Å². The molecular weight excluding hydrogens is 423 g/mol. The van der Waals surface area contributed by atoms with Crippen molar-refractivity contribution in [3.63, 3.8) is 0 Å². The molecule has 1 amide bonds. The summed E-state index contributed by atoms with van der Waals surface area (Å²) >= 11 is 0. The van der Waals surface area contributed by atoms with Gasteiger partial charge in [0, 0.05) is 33.4 Å². The Morgan fingerprint density at radius 3 is 2.32 bits per heavy atom. The van der Waals surface area contributed by atoms with E-state index in [2.05, 4.69) is 25.9 Å². The predicted molar refractivity (Wildman–Crippen MR) is 116 cm³/mol. The number of amides is 1. The SMILES string of the molecule is CNC(=O)c1cnc(Nc2ccc(F)cn2)cc1Nc1ccccc1S(=O)(=O)N(C)C. The van der Waals surface area contributed by atoms with Gasteiger partial charge in [0.15, 0.2) is 0 Å². The fourth-order valence-electron chi connectivity index (χ4n) is 2.66. The van der Waals surface area contributed by atoms with Crippen LogP contribution in [0.5, 0.6) is 0 Å². The molecule has 3 N–H and O–H groups in total. The molecule has 2 heterocycles. The zero-order valence-electron chi connectivity index (χ0n) is 17.0. The van der Waals surface area contributed by atoms with E-state index >= 15 is 0 Å². The maximum absolute atomic E-state index is 13.1. The van der Waals surface area contributed by atoms with Gasteiger partial charge in [0.1, 0.15) is 22.3 Å². The van der Waals surface area contributed by atoms with E-state index in [1.165, 1.54) is 51.6 Å². The minimum atomic E-state index is -3.74. The van der Waals surface area contributed by atoms with Crippen molar-refractivity contribution in [1.29, 1.82) is 0 Å². The Kier molecular flexibility index (Phi) is 6.47. The summed E-state index contributed by atoms with van der Waals surface area (Å²) in [5, 5.41) is 8.47. The van der Waals surface area contributed by atoms with Gasteiger partial charge in [0.2, 0.25) is 10.0 Å². The van der Waals surface area contributed by atoms with Crippen LogP contribution in [0.3, 0.4) is 0 Å². The quantitative estimate of drug-likeness (QED) is 0.513. The second-order valence-electron chi connectivity index (χ2n) is 6.59. The average Bonchev–Trinajstić information content (AvgIpc) is 2.75. The van der Waals surface area contributed by atoms with Crippen LogP contribution >= 0.6 is 0 Å². The summed E-state index contributed by atoms with van der Waals surface area (Å²) in [5.74, 6) is -0.214. The Bertz CT molecular complexity index is 1200. The number of rotatable bonds is 7. The first-order chi connectivity index (χ1) is 14.7. The Morgan fingerprint density at radius 1 is 0.968 bits per heavy atom. The van der Waals surface area contributed by atoms with Crippen LogP contribution in [0.1, 0.15) is 10.4 Å². The fraction of sp³-hybridized carbons (Fsp3) is 0.150. The molecule has 0 atom stereocenters. The number of aromatic nitrogens is 2. The number of sulfonamides is 1. The fourth-order valence-corrected chi connectivity index (χ4v) is 3.70. The molecule has 3 rings (SSSR count). The molecule has 0 saturated carbocycles. The van der Waals surface area contributed by atoms with E-state index in [1.54, 1.807) is 18.2 Å². The van der Waals surface area contributed by atoms with Crippen molar-refractivity contribution < 1.29 is 17.6 Å². The van der Waals surface area contributed by atoms with E-state index in [4.69, 9.17) is 0 Å². The second-order valence-corrected chi connectivity index (χ2v) is 8.71. The highest BCUT2D eigenvalue weighted by molar-refractivity contribution is 7.89. The lowest BCUT2D eigenvalue weighted by Crippen LogP contribution is -2.23. The summed E-state index contributed by atoms with van der Waals surface area (Å²) in [7, 11) is 0.615. The maximum Gasteiger partial charge on any atom is 0.254 e. The number of nitrogens with one attached hydrogen (secondary N) is 3. The van der Waals surface area contributed by atoms with Crippen LogP contribution in [0.2, 0.25) is 0 Å². The lowest BCUT2D eigenvalue weighted by molar-refractivity contribution is 0.0963. The van der Waals surface area contributed by atoms with Crippen molar-refractivity contribution in [3.8, 4) is 0 Å². The number of carbonyl (C=O) groups is 1. The first kappa shape index (κ1) is 22.1.